The van der Waals surface area contributed by atoms with E-state index in [0.29, 0.717) is 5.41 Å². The van der Waals surface area contributed by atoms with Crippen LogP contribution in [0.5, 0.6) is 0 Å². The van der Waals surface area contributed by atoms with Gasteiger partial charge in [-0.2, -0.15) is 0 Å². The fourth-order valence-corrected chi connectivity index (χ4v) is 2.48. The van der Waals surface area contributed by atoms with Crippen molar-refractivity contribution in [1.29, 1.82) is 0 Å². The highest BCUT2D eigenvalue weighted by molar-refractivity contribution is 5.10. The lowest BCUT2D eigenvalue weighted by Gasteiger charge is -2.25. The average molecular weight is 195 g/mol. The molecule has 14 heavy (non-hydrogen) atoms. The zero-order valence-corrected chi connectivity index (χ0v) is 9.81. The van der Waals surface area contributed by atoms with Gasteiger partial charge in [0.25, 0.3) is 0 Å². The molecule has 1 aliphatic carbocycles. The molecule has 1 heteroatoms. The van der Waals surface area contributed by atoms with Crippen LogP contribution in [0, 0.1) is 5.41 Å². The largest absolute Gasteiger partial charge is 0.327 e. The third-order valence-corrected chi connectivity index (χ3v) is 3.51. The summed E-state index contributed by atoms with van der Waals surface area (Å²) in [5.41, 5.74) is 7.62. The normalized spacial score (nSPS) is 23.2. The standard InChI is InChI=1S/C13H25N/c1-3-12(11-14)10-13(2)8-6-4-5-7-9-13/h10H,3-9,11,14H2,1-2H3/b12-10-. The van der Waals surface area contributed by atoms with Gasteiger partial charge in [-0.05, 0) is 24.7 Å². The third kappa shape index (κ3) is 3.45. The van der Waals surface area contributed by atoms with Gasteiger partial charge in [-0.3, -0.25) is 0 Å². The van der Waals surface area contributed by atoms with Gasteiger partial charge in [0.05, 0.1) is 0 Å². The number of allylic oxidation sites excluding steroid dienone is 1. The van der Waals surface area contributed by atoms with E-state index in [1.54, 1.807) is 0 Å². The Balaban J connectivity index is 2.65. The molecule has 0 heterocycles. The Morgan fingerprint density at radius 3 is 2.21 bits per heavy atom. The molecule has 0 saturated heterocycles. The Morgan fingerprint density at radius 1 is 1.21 bits per heavy atom. The molecule has 0 unspecified atom stereocenters. The van der Waals surface area contributed by atoms with Gasteiger partial charge in [0.15, 0.2) is 0 Å². The van der Waals surface area contributed by atoms with E-state index in [0.717, 1.165) is 13.0 Å². The van der Waals surface area contributed by atoms with Gasteiger partial charge in [0.2, 0.25) is 0 Å². The van der Waals surface area contributed by atoms with Crippen LogP contribution in [0.15, 0.2) is 11.6 Å². The van der Waals surface area contributed by atoms with E-state index in [9.17, 15) is 0 Å². The molecule has 1 rings (SSSR count). The second-order valence-electron chi connectivity index (χ2n) is 4.93. The van der Waals surface area contributed by atoms with Gasteiger partial charge >= 0.3 is 0 Å². The summed E-state index contributed by atoms with van der Waals surface area (Å²) >= 11 is 0. The Kier molecular flexibility index (Phi) is 4.67. The topological polar surface area (TPSA) is 26.0 Å². The SMILES string of the molecule is CC/C(=C/C1(C)CCCCCC1)CN. The van der Waals surface area contributed by atoms with Crippen molar-refractivity contribution in [3.05, 3.63) is 11.6 Å². The van der Waals surface area contributed by atoms with Crippen molar-refractivity contribution in [1.82, 2.24) is 0 Å². The molecular weight excluding hydrogens is 170 g/mol. The van der Waals surface area contributed by atoms with Gasteiger partial charge in [0, 0.05) is 6.54 Å². The van der Waals surface area contributed by atoms with Crippen LogP contribution in [0.1, 0.15) is 58.8 Å². The molecule has 1 fully saturated rings. The molecule has 2 N–H and O–H groups in total. The van der Waals surface area contributed by atoms with Crippen molar-refractivity contribution in [3.63, 3.8) is 0 Å². The van der Waals surface area contributed by atoms with Crippen LogP contribution in [0.2, 0.25) is 0 Å². The van der Waals surface area contributed by atoms with Gasteiger partial charge < -0.3 is 5.73 Å². The number of hydrogen-bond acceptors (Lipinski definition) is 1. The molecule has 0 amide bonds. The van der Waals surface area contributed by atoms with Gasteiger partial charge in [-0.15, -0.1) is 0 Å². The Morgan fingerprint density at radius 2 is 1.79 bits per heavy atom. The van der Waals surface area contributed by atoms with Crippen molar-refractivity contribution < 1.29 is 0 Å². The van der Waals surface area contributed by atoms with E-state index >= 15 is 0 Å². The molecule has 82 valence electrons. The second-order valence-corrected chi connectivity index (χ2v) is 4.93. The summed E-state index contributed by atoms with van der Waals surface area (Å²) in [7, 11) is 0. The fraction of sp³-hybridized carbons (Fsp3) is 0.846. The van der Waals surface area contributed by atoms with Crippen molar-refractivity contribution in [2.24, 2.45) is 11.1 Å². The number of hydrogen-bond donors (Lipinski definition) is 1. The van der Waals surface area contributed by atoms with Crippen molar-refractivity contribution in [2.75, 3.05) is 6.54 Å². The summed E-state index contributed by atoms with van der Waals surface area (Å²) in [6.07, 6.45) is 11.9. The van der Waals surface area contributed by atoms with Crippen LogP contribution in [-0.4, -0.2) is 6.54 Å². The minimum Gasteiger partial charge on any atom is -0.327 e. The average Bonchev–Trinajstić information content (AvgIpc) is 2.40. The zero-order valence-electron chi connectivity index (χ0n) is 9.81. The first-order chi connectivity index (χ1) is 6.70. The van der Waals surface area contributed by atoms with Crippen molar-refractivity contribution >= 4 is 0 Å². The zero-order chi connectivity index (χ0) is 10.4. The van der Waals surface area contributed by atoms with E-state index in [1.165, 1.54) is 44.1 Å². The van der Waals surface area contributed by atoms with Crippen LogP contribution in [0.4, 0.5) is 0 Å². The molecule has 1 aliphatic rings. The van der Waals surface area contributed by atoms with E-state index in [1.807, 2.05) is 0 Å². The summed E-state index contributed by atoms with van der Waals surface area (Å²) in [5, 5.41) is 0. The predicted molar refractivity (Wildman–Crippen MR) is 63.2 cm³/mol. The van der Waals surface area contributed by atoms with Gasteiger partial charge in [0.1, 0.15) is 0 Å². The maximum absolute atomic E-state index is 5.73. The smallest absolute Gasteiger partial charge is 0.0136 e. The molecule has 0 aromatic carbocycles. The summed E-state index contributed by atoms with van der Waals surface area (Å²) in [5.74, 6) is 0. The van der Waals surface area contributed by atoms with E-state index in [-0.39, 0.29) is 0 Å². The lowest BCUT2D eigenvalue weighted by atomic mass is 9.80. The van der Waals surface area contributed by atoms with Crippen molar-refractivity contribution in [2.45, 2.75) is 58.8 Å². The summed E-state index contributed by atoms with van der Waals surface area (Å²) in [6, 6.07) is 0. The van der Waals surface area contributed by atoms with E-state index < -0.39 is 0 Å². The predicted octanol–water partition coefficient (Wildman–Crippen LogP) is 3.64. The van der Waals surface area contributed by atoms with Gasteiger partial charge in [-0.1, -0.05) is 51.2 Å². The highest BCUT2D eigenvalue weighted by Crippen LogP contribution is 2.36. The molecule has 0 atom stereocenters. The summed E-state index contributed by atoms with van der Waals surface area (Å²) in [6.45, 7) is 5.36. The van der Waals surface area contributed by atoms with Crippen LogP contribution >= 0.6 is 0 Å². The lowest BCUT2D eigenvalue weighted by Crippen LogP contribution is -2.15. The molecule has 0 spiro atoms. The van der Waals surface area contributed by atoms with Crippen LogP contribution in [-0.2, 0) is 0 Å². The molecule has 0 aromatic rings. The maximum atomic E-state index is 5.73. The first kappa shape index (κ1) is 11.8. The molecule has 1 nitrogen and oxygen atoms in total. The highest BCUT2D eigenvalue weighted by Gasteiger charge is 2.23. The van der Waals surface area contributed by atoms with E-state index in [2.05, 4.69) is 19.9 Å². The molecule has 0 aromatic heterocycles. The summed E-state index contributed by atoms with van der Waals surface area (Å²) in [4.78, 5) is 0. The summed E-state index contributed by atoms with van der Waals surface area (Å²) < 4.78 is 0. The molecule has 0 radical (unpaired) electrons. The highest BCUT2D eigenvalue weighted by atomic mass is 14.5. The maximum Gasteiger partial charge on any atom is 0.0136 e. The molecule has 1 saturated carbocycles. The second kappa shape index (κ2) is 5.55. The first-order valence-corrected chi connectivity index (χ1v) is 6.11. The minimum absolute atomic E-state index is 0.446. The van der Waals surface area contributed by atoms with Crippen LogP contribution in [0.25, 0.3) is 0 Å². The van der Waals surface area contributed by atoms with Crippen molar-refractivity contribution in [3.8, 4) is 0 Å². The first-order valence-electron chi connectivity index (χ1n) is 6.11. The monoisotopic (exact) mass is 195 g/mol. The Hall–Kier alpha value is -0.300. The van der Waals surface area contributed by atoms with Gasteiger partial charge in [-0.25, -0.2) is 0 Å². The van der Waals surface area contributed by atoms with E-state index in [4.69, 9.17) is 5.73 Å². The fourth-order valence-electron chi connectivity index (χ4n) is 2.48. The lowest BCUT2D eigenvalue weighted by molar-refractivity contribution is 0.365. The Labute approximate surface area is 88.8 Å². The Bertz CT molecular complexity index is 179. The third-order valence-electron chi connectivity index (χ3n) is 3.51. The number of rotatable bonds is 3. The molecule has 0 bridgehead atoms. The number of nitrogens with two attached hydrogens (primary N) is 1. The minimum atomic E-state index is 0.446. The van der Waals surface area contributed by atoms with Crippen LogP contribution < -0.4 is 5.73 Å². The molecular formula is C13H25N. The quantitative estimate of drug-likeness (QED) is 0.540. The van der Waals surface area contributed by atoms with Crippen LogP contribution in [0.3, 0.4) is 0 Å². The molecule has 0 aliphatic heterocycles.